The summed E-state index contributed by atoms with van der Waals surface area (Å²) in [6.45, 7) is 2.40. The van der Waals surface area contributed by atoms with Gasteiger partial charge in [-0.1, -0.05) is 72.5 Å². The SMILES string of the molecule is Cc1cccc(C(=O)O)c1C#CCCNC(=O)OCC1c2ccccc2-c2ccccc21. The minimum absolute atomic E-state index is 0.0171. The van der Waals surface area contributed by atoms with Crippen molar-refractivity contribution in [2.45, 2.75) is 19.3 Å². The molecule has 5 nitrogen and oxygen atoms in total. The van der Waals surface area contributed by atoms with Crippen molar-refractivity contribution < 1.29 is 19.4 Å². The normalized spacial score (nSPS) is 11.7. The molecule has 3 aromatic carbocycles. The minimum Gasteiger partial charge on any atom is -0.478 e. The van der Waals surface area contributed by atoms with Crippen LogP contribution in [-0.2, 0) is 4.74 Å². The summed E-state index contributed by atoms with van der Waals surface area (Å²) in [7, 11) is 0. The van der Waals surface area contributed by atoms with Crippen molar-refractivity contribution in [3.63, 3.8) is 0 Å². The lowest BCUT2D eigenvalue weighted by Crippen LogP contribution is -2.26. The van der Waals surface area contributed by atoms with Crippen LogP contribution in [0, 0.1) is 18.8 Å². The Labute approximate surface area is 187 Å². The van der Waals surface area contributed by atoms with Gasteiger partial charge in [-0.05, 0) is 40.8 Å². The molecule has 1 amide bonds. The summed E-state index contributed by atoms with van der Waals surface area (Å²) in [4.78, 5) is 23.5. The molecule has 0 fully saturated rings. The predicted octanol–water partition coefficient (Wildman–Crippen LogP) is 4.97. The van der Waals surface area contributed by atoms with Gasteiger partial charge in [0.25, 0.3) is 0 Å². The van der Waals surface area contributed by atoms with Crippen LogP contribution >= 0.6 is 0 Å². The zero-order chi connectivity index (χ0) is 22.5. The number of ether oxygens (including phenoxy) is 1. The smallest absolute Gasteiger partial charge is 0.407 e. The monoisotopic (exact) mass is 425 g/mol. The Morgan fingerprint density at radius 2 is 1.62 bits per heavy atom. The number of benzene rings is 3. The number of amides is 1. The fourth-order valence-corrected chi connectivity index (χ4v) is 4.04. The van der Waals surface area contributed by atoms with Crippen molar-refractivity contribution in [2.24, 2.45) is 0 Å². The maximum Gasteiger partial charge on any atom is 0.407 e. The zero-order valence-corrected chi connectivity index (χ0v) is 17.7. The van der Waals surface area contributed by atoms with Gasteiger partial charge in [0.15, 0.2) is 0 Å². The van der Waals surface area contributed by atoms with E-state index in [0.29, 0.717) is 18.5 Å². The van der Waals surface area contributed by atoms with Crippen LogP contribution in [0.4, 0.5) is 4.79 Å². The summed E-state index contributed by atoms with van der Waals surface area (Å²) >= 11 is 0. The van der Waals surface area contributed by atoms with E-state index in [4.69, 9.17) is 4.74 Å². The fraction of sp³-hybridized carbons (Fsp3) is 0.185. The standard InChI is InChI=1S/C27H23NO4/c1-18-9-8-15-24(26(29)30)19(18)10-6-7-16-28-27(31)32-17-25-22-13-4-2-11-20(22)21-12-3-5-14-23(21)25/h2-5,8-9,11-15,25H,7,16-17H2,1H3,(H,28,31)(H,29,30). The summed E-state index contributed by atoms with van der Waals surface area (Å²) in [5.74, 6) is 4.86. The summed E-state index contributed by atoms with van der Waals surface area (Å²) < 4.78 is 5.50. The topological polar surface area (TPSA) is 75.6 Å². The Morgan fingerprint density at radius 1 is 0.969 bits per heavy atom. The van der Waals surface area contributed by atoms with Crippen molar-refractivity contribution in [3.8, 4) is 23.0 Å². The van der Waals surface area contributed by atoms with E-state index in [9.17, 15) is 14.7 Å². The predicted molar refractivity (Wildman–Crippen MR) is 123 cm³/mol. The van der Waals surface area contributed by atoms with Gasteiger partial charge in [-0.15, -0.1) is 0 Å². The molecule has 0 spiro atoms. The van der Waals surface area contributed by atoms with Crippen LogP contribution in [0.3, 0.4) is 0 Å². The highest BCUT2D eigenvalue weighted by Crippen LogP contribution is 2.44. The molecule has 0 atom stereocenters. The fourth-order valence-electron chi connectivity index (χ4n) is 4.04. The van der Waals surface area contributed by atoms with Crippen LogP contribution in [0.2, 0.25) is 0 Å². The van der Waals surface area contributed by atoms with Crippen LogP contribution in [-0.4, -0.2) is 30.3 Å². The third kappa shape index (κ3) is 4.35. The second kappa shape index (κ2) is 9.40. The number of hydrogen-bond donors (Lipinski definition) is 2. The molecular weight excluding hydrogens is 402 g/mol. The van der Waals surface area contributed by atoms with Gasteiger partial charge in [0.2, 0.25) is 0 Å². The van der Waals surface area contributed by atoms with E-state index < -0.39 is 12.1 Å². The molecule has 32 heavy (non-hydrogen) atoms. The number of aryl methyl sites for hydroxylation is 1. The van der Waals surface area contributed by atoms with E-state index in [-0.39, 0.29) is 18.1 Å². The maximum atomic E-state index is 12.2. The lowest BCUT2D eigenvalue weighted by Gasteiger charge is -2.14. The maximum absolute atomic E-state index is 12.2. The van der Waals surface area contributed by atoms with Gasteiger partial charge in [-0.2, -0.15) is 0 Å². The first-order chi connectivity index (χ1) is 15.6. The highest BCUT2D eigenvalue weighted by atomic mass is 16.5. The average Bonchev–Trinajstić information content (AvgIpc) is 3.12. The molecule has 1 aliphatic rings. The Morgan fingerprint density at radius 3 is 2.28 bits per heavy atom. The van der Waals surface area contributed by atoms with E-state index in [1.165, 1.54) is 28.3 Å². The minimum atomic E-state index is -1.00. The van der Waals surface area contributed by atoms with Gasteiger partial charge < -0.3 is 15.2 Å². The van der Waals surface area contributed by atoms with Gasteiger partial charge in [-0.25, -0.2) is 9.59 Å². The molecule has 0 heterocycles. The Balaban J connectivity index is 1.32. The number of nitrogens with one attached hydrogen (secondary N) is 1. The van der Waals surface area contributed by atoms with Gasteiger partial charge in [-0.3, -0.25) is 0 Å². The molecule has 0 aromatic heterocycles. The zero-order valence-electron chi connectivity index (χ0n) is 17.7. The van der Waals surface area contributed by atoms with Crippen LogP contribution in [0.15, 0.2) is 66.7 Å². The molecule has 0 bridgehead atoms. The number of hydrogen-bond acceptors (Lipinski definition) is 3. The number of rotatable bonds is 5. The van der Waals surface area contributed by atoms with Crippen molar-refractivity contribution in [1.82, 2.24) is 5.32 Å². The molecule has 0 aliphatic heterocycles. The molecule has 5 heteroatoms. The van der Waals surface area contributed by atoms with Crippen molar-refractivity contribution >= 4 is 12.1 Å². The average molecular weight is 425 g/mol. The molecule has 1 aliphatic carbocycles. The lowest BCUT2D eigenvalue weighted by atomic mass is 9.98. The van der Waals surface area contributed by atoms with E-state index >= 15 is 0 Å². The van der Waals surface area contributed by atoms with Crippen LogP contribution in [0.25, 0.3) is 11.1 Å². The van der Waals surface area contributed by atoms with Crippen molar-refractivity contribution in [1.29, 1.82) is 0 Å². The first kappa shape index (κ1) is 21.2. The van der Waals surface area contributed by atoms with Crippen molar-refractivity contribution in [2.75, 3.05) is 13.2 Å². The largest absolute Gasteiger partial charge is 0.478 e. The lowest BCUT2D eigenvalue weighted by molar-refractivity contribution is 0.0696. The second-order valence-electron chi connectivity index (χ2n) is 7.61. The van der Waals surface area contributed by atoms with Gasteiger partial charge in [0, 0.05) is 24.4 Å². The number of carboxylic acids is 1. The number of fused-ring (bicyclic) bond motifs is 3. The van der Waals surface area contributed by atoms with E-state index in [1.54, 1.807) is 6.07 Å². The van der Waals surface area contributed by atoms with E-state index in [1.807, 2.05) is 37.3 Å². The third-order valence-corrected chi connectivity index (χ3v) is 5.58. The molecule has 0 unspecified atom stereocenters. The van der Waals surface area contributed by atoms with Gasteiger partial charge in [0.1, 0.15) is 6.61 Å². The van der Waals surface area contributed by atoms with E-state index in [2.05, 4.69) is 41.4 Å². The third-order valence-electron chi connectivity index (χ3n) is 5.58. The van der Waals surface area contributed by atoms with Crippen molar-refractivity contribution in [3.05, 3.63) is 94.5 Å². The number of alkyl carbamates (subject to hydrolysis) is 1. The second-order valence-corrected chi connectivity index (χ2v) is 7.61. The summed E-state index contributed by atoms with van der Waals surface area (Å²) in [5, 5.41) is 12.0. The summed E-state index contributed by atoms with van der Waals surface area (Å²) in [6, 6.07) is 21.4. The Hall–Kier alpha value is -4.04. The Bertz CT molecular complexity index is 1190. The number of aromatic carboxylic acids is 1. The van der Waals surface area contributed by atoms with Crippen LogP contribution in [0.5, 0.6) is 0 Å². The Kier molecular flexibility index (Phi) is 6.23. The summed E-state index contributed by atoms with van der Waals surface area (Å²) in [6.07, 6.45) is -0.104. The molecule has 2 N–H and O–H groups in total. The number of carbonyl (C=O) groups excluding carboxylic acids is 1. The highest BCUT2D eigenvalue weighted by Gasteiger charge is 2.28. The highest BCUT2D eigenvalue weighted by molar-refractivity contribution is 5.91. The molecular formula is C27H23NO4. The molecule has 4 rings (SSSR count). The molecule has 0 radical (unpaired) electrons. The molecule has 0 saturated heterocycles. The van der Waals surface area contributed by atoms with Crippen LogP contribution < -0.4 is 5.32 Å². The number of carboxylic acid groups (broad SMARTS) is 1. The van der Waals surface area contributed by atoms with Crippen LogP contribution in [0.1, 0.15) is 45.0 Å². The summed E-state index contributed by atoms with van der Waals surface area (Å²) in [5.41, 5.74) is 6.19. The van der Waals surface area contributed by atoms with Gasteiger partial charge >= 0.3 is 12.1 Å². The van der Waals surface area contributed by atoms with Gasteiger partial charge in [0.05, 0.1) is 5.56 Å². The molecule has 3 aromatic rings. The quantitative estimate of drug-likeness (QED) is 0.447. The molecule has 0 saturated carbocycles. The first-order valence-electron chi connectivity index (χ1n) is 10.5. The number of carbonyl (C=O) groups is 2. The van der Waals surface area contributed by atoms with E-state index in [0.717, 1.165) is 5.56 Å². The first-order valence-corrected chi connectivity index (χ1v) is 10.5. The molecule has 160 valence electrons.